The first-order valence-electron chi connectivity index (χ1n) is 7.37. The van der Waals surface area contributed by atoms with Crippen LogP contribution in [0.3, 0.4) is 0 Å². The number of amides is 1. The maximum atomic E-state index is 12.2. The van der Waals surface area contributed by atoms with Crippen LogP contribution in [-0.2, 0) is 17.8 Å². The van der Waals surface area contributed by atoms with Gasteiger partial charge in [0.1, 0.15) is 0 Å². The van der Waals surface area contributed by atoms with Gasteiger partial charge in [-0.15, -0.1) is 0 Å². The molecule has 0 bridgehead atoms. The standard InChI is InChI=1S/C18H20ClNO4/c1-22-15-8-13(9-16(23-2)18(15)24-3)10-17(21)20-11-12-4-6-14(19)7-5-12/h4-9H,10-11H2,1-3H3,(H,20,21). The van der Waals surface area contributed by atoms with Crippen LogP contribution in [0.25, 0.3) is 0 Å². The van der Waals surface area contributed by atoms with Crippen LogP contribution >= 0.6 is 11.6 Å². The normalized spacial score (nSPS) is 10.2. The minimum Gasteiger partial charge on any atom is -0.493 e. The minimum atomic E-state index is -0.0979. The van der Waals surface area contributed by atoms with Gasteiger partial charge in [-0.05, 0) is 35.4 Å². The van der Waals surface area contributed by atoms with Crippen molar-refractivity contribution < 1.29 is 19.0 Å². The second-order valence-electron chi connectivity index (χ2n) is 5.11. The fourth-order valence-electron chi connectivity index (χ4n) is 2.29. The Balaban J connectivity index is 2.04. The highest BCUT2D eigenvalue weighted by molar-refractivity contribution is 6.30. The van der Waals surface area contributed by atoms with Crippen LogP contribution in [-0.4, -0.2) is 27.2 Å². The van der Waals surface area contributed by atoms with Gasteiger partial charge in [0.15, 0.2) is 11.5 Å². The molecule has 0 heterocycles. The Bertz CT molecular complexity index is 676. The van der Waals surface area contributed by atoms with Crippen molar-refractivity contribution in [3.05, 3.63) is 52.5 Å². The van der Waals surface area contributed by atoms with E-state index in [9.17, 15) is 4.79 Å². The molecule has 5 nitrogen and oxygen atoms in total. The molecule has 0 saturated heterocycles. The number of ether oxygens (including phenoxy) is 3. The lowest BCUT2D eigenvalue weighted by Crippen LogP contribution is -2.24. The van der Waals surface area contributed by atoms with E-state index in [0.717, 1.165) is 11.1 Å². The average molecular weight is 350 g/mol. The smallest absolute Gasteiger partial charge is 0.224 e. The van der Waals surface area contributed by atoms with Crippen LogP contribution in [0.2, 0.25) is 5.02 Å². The van der Waals surface area contributed by atoms with Crippen molar-refractivity contribution in [1.29, 1.82) is 0 Å². The third kappa shape index (κ3) is 4.55. The van der Waals surface area contributed by atoms with Gasteiger partial charge in [-0.3, -0.25) is 4.79 Å². The fourth-order valence-corrected chi connectivity index (χ4v) is 2.41. The first kappa shape index (κ1) is 17.9. The first-order chi connectivity index (χ1) is 11.6. The summed E-state index contributed by atoms with van der Waals surface area (Å²) in [5, 5.41) is 3.54. The predicted molar refractivity (Wildman–Crippen MR) is 93.1 cm³/mol. The molecule has 0 aromatic heterocycles. The molecular formula is C18H20ClNO4. The number of halogens is 1. The maximum Gasteiger partial charge on any atom is 0.224 e. The van der Waals surface area contributed by atoms with Crippen molar-refractivity contribution in [2.45, 2.75) is 13.0 Å². The molecule has 2 aromatic carbocycles. The number of carbonyl (C=O) groups excluding carboxylic acids is 1. The van der Waals surface area contributed by atoms with E-state index in [-0.39, 0.29) is 12.3 Å². The van der Waals surface area contributed by atoms with Crippen LogP contribution in [0.1, 0.15) is 11.1 Å². The lowest BCUT2D eigenvalue weighted by atomic mass is 10.1. The lowest BCUT2D eigenvalue weighted by Gasteiger charge is -2.14. The molecule has 2 rings (SSSR count). The molecule has 0 aliphatic carbocycles. The van der Waals surface area contributed by atoms with Crippen molar-refractivity contribution in [1.82, 2.24) is 5.32 Å². The zero-order chi connectivity index (χ0) is 17.5. The summed E-state index contributed by atoms with van der Waals surface area (Å²) in [4.78, 5) is 12.2. The fraction of sp³-hybridized carbons (Fsp3) is 0.278. The Morgan fingerprint density at radius 1 is 0.958 bits per heavy atom. The number of rotatable bonds is 7. The molecule has 0 atom stereocenters. The molecule has 24 heavy (non-hydrogen) atoms. The van der Waals surface area contributed by atoms with E-state index in [0.29, 0.717) is 28.8 Å². The quantitative estimate of drug-likeness (QED) is 0.833. The van der Waals surface area contributed by atoms with E-state index in [1.54, 1.807) is 45.6 Å². The van der Waals surface area contributed by atoms with E-state index in [2.05, 4.69) is 5.32 Å². The second-order valence-corrected chi connectivity index (χ2v) is 5.55. The molecule has 0 saturated carbocycles. The van der Waals surface area contributed by atoms with Crippen LogP contribution < -0.4 is 19.5 Å². The Kier molecular flexibility index (Phi) is 6.32. The van der Waals surface area contributed by atoms with Gasteiger partial charge in [0, 0.05) is 11.6 Å². The van der Waals surface area contributed by atoms with Crippen LogP contribution in [0.15, 0.2) is 36.4 Å². The highest BCUT2D eigenvalue weighted by Gasteiger charge is 2.14. The molecule has 0 fully saturated rings. The third-order valence-corrected chi connectivity index (χ3v) is 3.74. The average Bonchev–Trinajstić information content (AvgIpc) is 2.60. The molecule has 0 aliphatic rings. The van der Waals surface area contributed by atoms with Crippen molar-refractivity contribution in [2.75, 3.05) is 21.3 Å². The number of methoxy groups -OCH3 is 3. The highest BCUT2D eigenvalue weighted by atomic mass is 35.5. The van der Waals surface area contributed by atoms with Gasteiger partial charge in [0.05, 0.1) is 27.8 Å². The van der Waals surface area contributed by atoms with Gasteiger partial charge in [-0.1, -0.05) is 23.7 Å². The van der Waals surface area contributed by atoms with Crippen molar-refractivity contribution in [3.8, 4) is 17.2 Å². The van der Waals surface area contributed by atoms with Crippen LogP contribution in [0.5, 0.6) is 17.2 Å². The monoisotopic (exact) mass is 349 g/mol. The van der Waals surface area contributed by atoms with Crippen LogP contribution in [0, 0.1) is 0 Å². The summed E-state index contributed by atoms with van der Waals surface area (Å²) in [7, 11) is 4.63. The highest BCUT2D eigenvalue weighted by Crippen LogP contribution is 2.38. The largest absolute Gasteiger partial charge is 0.493 e. The van der Waals surface area contributed by atoms with Gasteiger partial charge in [0.25, 0.3) is 0 Å². The molecule has 6 heteroatoms. The molecule has 0 unspecified atom stereocenters. The molecule has 0 aliphatic heterocycles. The summed E-state index contributed by atoms with van der Waals surface area (Å²) >= 11 is 5.84. The van der Waals surface area contributed by atoms with E-state index >= 15 is 0 Å². The van der Waals surface area contributed by atoms with Gasteiger partial charge in [0.2, 0.25) is 11.7 Å². The number of hydrogen-bond donors (Lipinski definition) is 1. The molecular weight excluding hydrogens is 330 g/mol. The van der Waals surface area contributed by atoms with E-state index in [1.165, 1.54) is 0 Å². The summed E-state index contributed by atoms with van der Waals surface area (Å²) in [5.41, 5.74) is 1.76. The Labute approximate surface area is 146 Å². The molecule has 1 amide bonds. The maximum absolute atomic E-state index is 12.2. The van der Waals surface area contributed by atoms with Crippen molar-refractivity contribution >= 4 is 17.5 Å². The number of nitrogens with one attached hydrogen (secondary N) is 1. The first-order valence-corrected chi connectivity index (χ1v) is 7.75. The van der Waals surface area contributed by atoms with E-state index in [1.807, 2.05) is 12.1 Å². The zero-order valence-electron chi connectivity index (χ0n) is 13.9. The predicted octanol–water partition coefficient (Wildman–Crippen LogP) is 3.22. The molecule has 128 valence electrons. The van der Waals surface area contributed by atoms with E-state index < -0.39 is 0 Å². The Morgan fingerprint density at radius 3 is 2.04 bits per heavy atom. The molecule has 2 aromatic rings. The second kappa shape index (κ2) is 8.45. The van der Waals surface area contributed by atoms with Gasteiger partial charge in [-0.2, -0.15) is 0 Å². The Morgan fingerprint density at radius 2 is 1.54 bits per heavy atom. The van der Waals surface area contributed by atoms with Crippen molar-refractivity contribution in [2.24, 2.45) is 0 Å². The molecule has 0 radical (unpaired) electrons. The Hall–Kier alpha value is -2.40. The summed E-state index contributed by atoms with van der Waals surface area (Å²) in [6.45, 7) is 0.445. The van der Waals surface area contributed by atoms with Crippen molar-refractivity contribution in [3.63, 3.8) is 0 Å². The third-order valence-electron chi connectivity index (χ3n) is 3.49. The molecule has 1 N–H and O–H groups in total. The van der Waals surface area contributed by atoms with Gasteiger partial charge < -0.3 is 19.5 Å². The van der Waals surface area contributed by atoms with Gasteiger partial charge in [-0.25, -0.2) is 0 Å². The SMILES string of the molecule is COc1cc(CC(=O)NCc2ccc(Cl)cc2)cc(OC)c1OC. The number of carbonyl (C=O) groups is 1. The number of hydrogen-bond acceptors (Lipinski definition) is 4. The number of benzene rings is 2. The zero-order valence-corrected chi connectivity index (χ0v) is 14.6. The summed E-state index contributed by atoms with van der Waals surface area (Å²) in [6.07, 6.45) is 0.213. The summed E-state index contributed by atoms with van der Waals surface area (Å²) in [5.74, 6) is 1.46. The van der Waals surface area contributed by atoms with Gasteiger partial charge >= 0.3 is 0 Å². The summed E-state index contributed by atoms with van der Waals surface area (Å²) < 4.78 is 15.9. The minimum absolute atomic E-state index is 0.0979. The molecule has 0 spiro atoms. The summed E-state index contributed by atoms with van der Waals surface area (Å²) in [6, 6.07) is 10.9. The lowest BCUT2D eigenvalue weighted by molar-refractivity contribution is -0.120. The van der Waals surface area contributed by atoms with E-state index in [4.69, 9.17) is 25.8 Å². The topological polar surface area (TPSA) is 56.8 Å². The van der Waals surface area contributed by atoms with Crippen LogP contribution in [0.4, 0.5) is 0 Å².